The van der Waals surface area contributed by atoms with E-state index in [0.29, 0.717) is 6.61 Å². The van der Waals surface area contributed by atoms with Crippen LogP contribution in [0.25, 0.3) is 10.8 Å². The molecule has 1 atom stereocenters. The summed E-state index contributed by atoms with van der Waals surface area (Å²) in [6.07, 6.45) is 1.56. The van der Waals surface area contributed by atoms with Crippen LogP contribution in [0.4, 0.5) is 0 Å². The van der Waals surface area contributed by atoms with E-state index in [-0.39, 0.29) is 6.29 Å². The van der Waals surface area contributed by atoms with E-state index in [2.05, 4.69) is 30.3 Å². The molecule has 24 heavy (non-hydrogen) atoms. The molecule has 3 heteroatoms. The second-order valence-electron chi connectivity index (χ2n) is 6.00. The first kappa shape index (κ1) is 15.0. The lowest BCUT2D eigenvalue weighted by Crippen LogP contribution is -2.25. The number of hydrogen-bond acceptors (Lipinski definition) is 3. The molecule has 0 spiro atoms. The van der Waals surface area contributed by atoms with Gasteiger partial charge < -0.3 is 14.2 Å². The summed E-state index contributed by atoms with van der Waals surface area (Å²) in [4.78, 5) is 0. The van der Waals surface area contributed by atoms with Gasteiger partial charge in [0.15, 0.2) is 0 Å². The number of ether oxygens (including phenoxy) is 3. The van der Waals surface area contributed by atoms with Crippen LogP contribution in [0.1, 0.15) is 17.5 Å². The minimum Gasteiger partial charge on any atom is -0.496 e. The van der Waals surface area contributed by atoms with Crippen molar-refractivity contribution in [1.82, 2.24) is 0 Å². The molecule has 3 nitrogen and oxygen atoms in total. The van der Waals surface area contributed by atoms with Crippen molar-refractivity contribution >= 4 is 10.8 Å². The van der Waals surface area contributed by atoms with Crippen molar-refractivity contribution in [2.45, 2.75) is 25.7 Å². The van der Waals surface area contributed by atoms with Crippen molar-refractivity contribution in [3.8, 4) is 11.5 Å². The van der Waals surface area contributed by atoms with Gasteiger partial charge in [0.05, 0.1) is 13.7 Å². The molecule has 0 amide bonds. The standard InChI is InChI=1S/C21H20O3/c1-22-19-13-16-11-12-20(23-14-15-7-3-2-4-8-15)24-21(16)18-10-6-5-9-17(18)19/h2-10,13,20H,11-12,14H2,1H3/t20-/m1/s1. The molecule has 1 aliphatic rings. The van der Waals surface area contributed by atoms with E-state index in [1.807, 2.05) is 30.3 Å². The maximum Gasteiger partial charge on any atom is 0.200 e. The Morgan fingerprint density at radius 1 is 1.00 bits per heavy atom. The first-order valence-electron chi connectivity index (χ1n) is 8.26. The highest BCUT2D eigenvalue weighted by Gasteiger charge is 2.23. The lowest BCUT2D eigenvalue weighted by molar-refractivity contribution is -0.0987. The topological polar surface area (TPSA) is 27.7 Å². The Hall–Kier alpha value is -2.52. The van der Waals surface area contributed by atoms with Gasteiger partial charge in [-0.2, -0.15) is 0 Å². The second-order valence-corrected chi connectivity index (χ2v) is 6.00. The zero-order valence-electron chi connectivity index (χ0n) is 13.7. The smallest absolute Gasteiger partial charge is 0.200 e. The molecule has 0 radical (unpaired) electrons. The fraction of sp³-hybridized carbons (Fsp3) is 0.238. The predicted molar refractivity (Wildman–Crippen MR) is 94.5 cm³/mol. The Labute approximate surface area is 141 Å². The van der Waals surface area contributed by atoms with Gasteiger partial charge >= 0.3 is 0 Å². The lowest BCUT2D eigenvalue weighted by Gasteiger charge is -2.28. The summed E-state index contributed by atoms with van der Waals surface area (Å²) in [7, 11) is 1.71. The number of methoxy groups -OCH3 is 1. The van der Waals surface area contributed by atoms with Crippen molar-refractivity contribution in [1.29, 1.82) is 0 Å². The predicted octanol–water partition coefficient (Wildman–Crippen LogP) is 4.72. The molecule has 0 bridgehead atoms. The average molecular weight is 320 g/mol. The zero-order chi connectivity index (χ0) is 16.4. The van der Waals surface area contributed by atoms with Gasteiger partial charge in [0, 0.05) is 17.2 Å². The van der Waals surface area contributed by atoms with Crippen LogP contribution in [0, 0.1) is 0 Å². The summed E-state index contributed by atoms with van der Waals surface area (Å²) in [6, 6.07) is 20.5. The van der Waals surface area contributed by atoms with Crippen molar-refractivity contribution in [3.05, 3.63) is 71.8 Å². The molecular formula is C21H20O3. The van der Waals surface area contributed by atoms with Crippen LogP contribution in [0.5, 0.6) is 11.5 Å². The minimum atomic E-state index is -0.213. The normalized spacial score (nSPS) is 16.5. The Balaban J connectivity index is 1.59. The third-order valence-corrected chi connectivity index (χ3v) is 4.43. The van der Waals surface area contributed by atoms with Crippen molar-refractivity contribution < 1.29 is 14.2 Å². The molecule has 1 heterocycles. The van der Waals surface area contributed by atoms with E-state index in [0.717, 1.165) is 40.7 Å². The van der Waals surface area contributed by atoms with Crippen molar-refractivity contribution in [2.24, 2.45) is 0 Å². The maximum atomic E-state index is 6.19. The molecule has 3 aromatic rings. The van der Waals surface area contributed by atoms with E-state index < -0.39 is 0 Å². The van der Waals surface area contributed by atoms with E-state index in [1.54, 1.807) is 7.11 Å². The number of rotatable bonds is 4. The highest BCUT2D eigenvalue weighted by atomic mass is 16.7. The van der Waals surface area contributed by atoms with Crippen LogP contribution in [-0.4, -0.2) is 13.4 Å². The van der Waals surface area contributed by atoms with Crippen LogP contribution in [0.3, 0.4) is 0 Å². The van der Waals surface area contributed by atoms with Crippen molar-refractivity contribution in [2.75, 3.05) is 7.11 Å². The zero-order valence-corrected chi connectivity index (χ0v) is 13.7. The first-order chi connectivity index (χ1) is 11.8. The maximum absolute atomic E-state index is 6.19. The third-order valence-electron chi connectivity index (χ3n) is 4.43. The van der Waals surface area contributed by atoms with Gasteiger partial charge in [-0.25, -0.2) is 0 Å². The summed E-state index contributed by atoms with van der Waals surface area (Å²) >= 11 is 0. The van der Waals surface area contributed by atoms with Crippen molar-refractivity contribution in [3.63, 3.8) is 0 Å². The summed E-state index contributed by atoms with van der Waals surface area (Å²) < 4.78 is 17.7. The molecule has 0 aliphatic carbocycles. The number of hydrogen-bond donors (Lipinski definition) is 0. The monoisotopic (exact) mass is 320 g/mol. The van der Waals surface area contributed by atoms with E-state index >= 15 is 0 Å². The SMILES string of the molecule is COc1cc2c(c3ccccc13)O[C@@H](OCc1ccccc1)CC2. The van der Waals surface area contributed by atoms with Gasteiger partial charge in [-0.1, -0.05) is 54.6 Å². The summed E-state index contributed by atoms with van der Waals surface area (Å²) in [6.45, 7) is 0.564. The average Bonchev–Trinajstić information content (AvgIpc) is 2.66. The molecule has 122 valence electrons. The number of fused-ring (bicyclic) bond motifs is 3. The van der Waals surface area contributed by atoms with Gasteiger partial charge in [-0.3, -0.25) is 0 Å². The van der Waals surface area contributed by atoms with Gasteiger partial charge in [0.25, 0.3) is 0 Å². The van der Waals surface area contributed by atoms with Crippen LogP contribution in [0.15, 0.2) is 60.7 Å². The quantitative estimate of drug-likeness (QED) is 0.696. The first-order valence-corrected chi connectivity index (χ1v) is 8.26. The van der Waals surface area contributed by atoms with Gasteiger partial charge in [0.2, 0.25) is 6.29 Å². The fourth-order valence-electron chi connectivity index (χ4n) is 3.21. The second kappa shape index (κ2) is 6.54. The fourth-order valence-corrected chi connectivity index (χ4v) is 3.21. The molecule has 1 aliphatic heterocycles. The number of aryl methyl sites for hydroxylation is 1. The molecule has 0 unspecified atom stereocenters. The third kappa shape index (κ3) is 2.83. The summed E-state index contributed by atoms with van der Waals surface area (Å²) in [5.41, 5.74) is 2.34. The molecule has 0 saturated heterocycles. The largest absolute Gasteiger partial charge is 0.496 e. The van der Waals surface area contributed by atoms with E-state index in [9.17, 15) is 0 Å². The van der Waals surface area contributed by atoms with Gasteiger partial charge in [-0.05, 0) is 23.6 Å². The van der Waals surface area contributed by atoms with Crippen LogP contribution < -0.4 is 9.47 Å². The summed E-state index contributed by atoms with van der Waals surface area (Å²) in [5, 5.41) is 2.15. The number of benzene rings is 3. The minimum absolute atomic E-state index is 0.213. The Bertz CT molecular complexity index is 842. The highest BCUT2D eigenvalue weighted by Crippen LogP contribution is 2.40. The Morgan fingerprint density at radius 2 is 1.75 bits per heavy atom. The molecular weight excluding hydrogens is 300 g/mol. The van der Waals surface area contributed by atoms with Crippen LogP contribution >= 0.6 is 0 Å². The lowest BCUT2D eigenvalue weighted by atomic mass is 9.99. The van der Waals surface area contributed by atoms with E-state index in [1.165, 1.54) is 5.56 Å². The van der Waals surface area contributed by atoms with Gasteiger partial charge in [-0.15, -0.1) is 0 Å². The Morgan fingerprint density at radius 3 is 2.54 bits per heavy atom. The Kier molecular flexibility index (Phi) is 4.09. The molecule has 3 aromatic carbocycles. The molecule has 0 fully saturated rings. The van der Waals surface area contributed by atoms with Gasteiger partial charge in [0.1, 0.15) is 11.5 Å². The molecule has 0 saturated carbocycles. The molecule has 0 aromatic heterocycles. The highest BCUT2D eigenvalue weighted by molar-refractivity contribution is 5.94. The summed E-state index contributed by atoms with van der Waals surface area (Å²) in [5.74, 6) is 1.83. The molecule has 0 N–H and O–H groups in total. The molecule has 4 rings (SSSR count). The van der Waals surface area contributed by atoms with Crippen LogP contribution in [-0.2, 0) is 17.8 Å². The van der Waals surface area contributed by atoms with E-state index in [4.69, 9.17) is 14.2 Å². The van der Waals surface area contributed by atoms with Crippen LogP contribution in [0.2, 0.25) is 0 Å².